The first-order valence-electron chi connectivity index (χ1n) is 6.66. The standard InChI is InChI=1S/C14H22O2S/c1-2-16-14(11-7-4-3-5-8-11)13(15)12-9-6-10-17-12/h6,9-11,13-15H,2-5,7-8H2,1H3. The van der Waals surface area contributed by atoms with E-state index in [9.17, 15) is 5.11 Å². The Hall–Kier alpha value is -0.380. The second-order valence-corrected chi connectivity index (χ2v) is 5.76. The average Bonchev–Trinajstić information content (AvgIpc) is 2.90. The lowest BCUT2D eigenvalue weighted by Crippen LogP contribution is -2.32. The van der Waals surface area contributed by atoms with Gasteiger partial charge < -0.3 is 9.84 Å². The van der Waals surface area contributed by atoms with Crippen LogP contribution in [0.4, 0.5) is 0 Å². The van der Waals surface area contributed by atoms with Gasteiger partial charge in [-0.25, -0.2) is 0 Å². The molecule has 1 aromatic heterocycles. The third-order valence-corrected chi connectivity index (χ3v) is 4.56. The summed E-state index contributed by atoms with van der Waals surface area (Å²) < 4.78 is 5.82. The maximum absolute atomic E-state index is 10.4. The number of hydrogen-bond donors (Lipinski definition) is 1. The van der Waals surface area contributed by atoms with E-state index >= 15 is 0 Å². The van der Waals surface area contributed by atoms with Gasteiger partial charge in [0.15, 0.2) is 0 Å². The second kappa shape index (κ2) is 6.53. The third kappa shape index (κ3) is 3.30. The Morgan fingerprint density at radius 1 is 1.41 bits per heavy atom. The van der Waals surface area contributed by atoms with E-state index in [1.165, 1.54) is 32.1 Å². The lowest BCUT2D eigenvalue weighted by atomic mass is 9.83. The van der Waals surface area contributed by atoms with E-state index in [0.29, 0.717) is 12.5 Å². The minimum Gasteiger partial charge on any atom is -0.385 e. The number of aliphatic hydroxyl groups is 1. The van der Waals surface area contributed by atoms with Crippen molar-refractivity contribution in [1.29, 1.82) is 0 Å². The van der Waals surface area contributed by atoms with Crippen LogP contribution < -0.4 is 0 Å². The molecule has 1 aliphatic rings. The molecule has 2 atom stereocenters. The molecule has 0 bridgehead atoms. The van der Waals surface area contributed by atoms with E-state index in [1.54, 1.807) is 11.3 Å². The van der Waals surface area contributed by atoms with Crippen LogP contribution >= 0.6 is 11.3 Å². The summed E-state index contributed by atoms with van der Waals surface area (Å²) >= 11 is 1.62. The fraction of sp³-hybridized carbons (Fsp3) is 0.714. The average molecular weight is 254 g/mol. The summed E-state index contributed by atoms with van der Waals surface area (Å²) in [5.74, 6) is 0.529. The molecule has 1 fully saturated rings. The second-order valence-electron chi connectivity index (χ2n) is 4.78. The summed E-state index contributed by atoms with van der Waals surface area (Å²) in [6.07, 6.45) is 5.85. The molecule has 0 amide bonds. The third-order valence-electron chi connectivity index (χ3n) is 3.62. The Morgan fingerprint density at radius 3 is 2.76 bits per heavy atom. The van der Waals surface area contributed by atoms with Crippen molar-refractivity contribution in [2.45, 2.75) is 51.2 Å². The van der Waals surface area contributed by atoms with E-state index < -0.39 is 6.10 Å². The molecule has 1 saturated carbocycles. The van der Waals surface area contributed by atoms with E-state index in [-0.39, 0.29) is 6.10 Å². The molecule has 0 aromatic carbocycles. The topological polar surface area (TPSA) is 29.5 Å². The molecule has 1 aliphatic carbocycles. The molecule has 1 N–H and O–H groups in total. The molecule has 3 heteroatoms. The summed E-state index contributed by atoms with van der Waals surface area (Å²) in [6, 6.07) is 4.00. The van der Waals surface area contributed by atoms with Crippen LogP contribution in [-0.2, 0) is 4.74 Å². The van der Waals surface area contributed by atoms with Crippen LogP contribution in [0, 0.1) is 5.92 Å². The molecule has 1 aromatic rings. The molecule has 0 aliphatic heterocycles. The largest absolute Gasteiger partial charge is 0.385 e. The number of aliphatic hydroxyl groups excluding tert-OH is 1. The van der Waals surface area contributed by atoms with Crippen LogP contribution in [0.15, 0.2) is 17.5 Å². The maximum atomic E-state index is 10.4. The van der Waals surface area contributed by atoms with Crippen LogP contribution in [0.5, 0.6) is 0 Å². The van der Waals surface area contributed by atoms with Crippen molar-refractivity contribution in [2.75, 3.05) is 6.61 Å². The summed E-state index contributed by atoms with van der Waals surface area (Å²) in [4.78, 5) is 1.04. The Labute approximate surface area is 108 Å². The van der Waals surface area contributed by atoms with Gasteiger partial charge in [0, 0.05) is 11.5 Å². The lowest BCUT2D eigenvalue weighted by molar-refractivity contribution is -0.0726. The molecule has 96 valence electrons. The van der Waals surface area contributed by atoms with Gasteiger partial charge in [0.25, 0.3) is 0 Å². The molecule has 0 radical (unpaired) electrons. The van der Waals surface area contributed by atoms with Crippen molar-refractivity contribution >= 4 is 11.3 Å². The van der Waals surface area contributed by atoms with Crippen LogP contribution in [0.3, 0.4) is 0 Å². The zero-order valence-electron chi connectivity index (χ0n) is 10.5. The molecule has 0 spiro atoms. The highest BCUT2D eigenvalue weighted by atomic mass is 32.1. The number of thiophene rings is 1. The molecule has 0 saturated heterocycles. The van der Waals surface area contributed by atoms with Gasteiger partial charge >= 0.3 is 0 Å². The molecule has 2 nitrogen and oxygen atoms in total. The Kier molecular flexibility index (Phi) is 5.01. The van der Waals surface area contributed by atoms with Crippen LogP contribution in [0.25, 0.3) is 0 Å². The van der Waals surface area contributed by atoms with Gasteiger partial charge in [-0.05, 0) is 37.1 Å². The van der Waals surface area contributed by atoms with Gasteiger partial charge in [-0.3, -0.25) is 0 Å². The highest BCUT2D eigenvalue weighted by molar-refractivity contribution is 7.10. The first kappa shape index (κ1) is 13.1. The zero-order chi connectivity index (χ0) is 12.1. The molecule has 17 heavy (non-hydrogen) atoms. The van der Waals surface area contributed by atoms with Gasteiger partial charge in [0.2, 0.25) is 0 Å². The quantitative estimate of drug-likeness (QED) is 0.866. The smallest absolute Gasteiger partial charge is 0.114 e. The van der Waals surface area contributed by atoms with Crippen molar-refractivity contribution in [2.24, 2.45) is 5.92 Å². The number of ether oxygens (including phenoxy) is 1. The van der Waals surface area contributed by atoms with E-state index in [1.807, 2.05) is 24.4 Å². The van der Waals surface area contributed by atoms with Gasteiger partial charge in [-0.15, -0.1) is 11.3 Å². The number of rotatable bonds is 5. The molecular formula is C14H22O2S. The summed E-state index contributed by atoms with van der Waals surface area (Å²) in [5.41, 5.74) is 0. The normalized spacial score (nSPS) is 21.3. The Bertz CT molecular complexity index is 304. The summed E-state index contributed by atoms with van der Waals surface area (Å²) in [7, 11) is 0. The lowest BCUT2D eigenvalue weighted by Gasteiger charge is -2.32. The maximum Gasteiger partial charge on any atom is 0.114 e. The van der Waals surface area contributed by atoms with Crippen LogP contribution in [0.1, 0.15) is 50.0 Å². The number of hydrogen-bond acceptors (Lipinski definition) is 3. The van der Waals surface area contributed by atoms with E-state index in [2.05, 4.69) is 0 Å². The van der Waals surface area contributed by atoms with Crippen LogP contribution in [-0.4, -0.2) is 17.8 Å². The summed E-state index contributed by atoms with van der Waals surface area (Å²) in [5, 5.41) is 12.5. The predicted molar refractivity (Wildman–Crippen MR) is 71.3 cm³/mol. The van der Waals surface area contributed by atoms with Crippen molar-refractivity contribution in [1.82, 2.24) is 0 Å². The highest BCUT2D eigenvalue weighted by Crippen LogP contribution is 2.35. The first-order chi connectivity index (χ1) is 8.33. The van der Waals surface area contributed by atoms with E-state index in [4.69, 9.17) is 4.74 Å². The van der Waals surface area contributed by atoms with Crippen molar-refractivity contribution in [3.8, 4) is 0 Å². The minimum atomic E-state index is -0.446. The molecule has 2 unspecified atom stereocenters. The van der Waals surface area contributed by atoms with E-state index in [0.717, 1.165) is 4.88 Å². The molecule has 1 heterocycles. The van der Waals surface area contributed by atoms with Crippen molar-refractivity contribution in [3.05, 3.63) is 22.4 Å². The fourth-order valence-corrected chi connectivity index (χ4v) is 3.51. The van der Waals surface area contributed by atoms with Crippen LogP contribution in [0.2, 0.25) is 0 Å². The Morgan fingerprint density at radius 2 is 2.18 bits per heavy atom. The van der Waals surface area contributed by atoms with Crippen molar-refractivity contribution in [3.63, 3.8) is 0 Å². The van der Waals surface area contributed by atoms with Gasteiger partial charge in [-0.1, -0.05) is 25.3 Å². The monoisotopic (exact) mass is 254 g/mol. The zero-order valence-corrected chi connectivity index (χ0v) is 11.3. The van der Waals surface area contributed by atoms with Gasteiger partial charge in [0.1, 0.15) is 6.10 Å². The van der Waals surface area contributed by atoms with Crippen molar-refractivity contribution < 1.29 is 9.84 Å². The highest BCUT2D eigenvalue weighted by Gasteiger charge is 2.31. The molecule has 2 rings (SSSR count). The molecular weight excluding hydrogens is 232 g/mol. The fourth-order valence-electron chi connectivity index (χ4n) is 2.76. The predicted octanol–water partition coefficient (Wildman–Crippen LogP) is 3.77. The SMILES string of the molecule is CCOC(C1CCCCC1)C(O)c1cccs1. The van der Waals surface area contributed by atoms with Gasteiger partial charge in [0.05, 0.1) is 6.10 Å². The Balaban J connectivity index is 2.04. The minimum absolute atomic E-state index is 0.0149. The van der Waals surface area contributed by atoms with Gasteiger partial charge in [-0.2, -0.15) is 0 Å². The summed E-state index contributed by atoms with van der Waals surface area (Å²) in [6.45, 7) is 2.70. The first-order valence-corrected chi connectivity index (χ1v) is 7.54.